The second-order valence-corrected chi connectivity index (χ2v) is 27.4. The van der Waals surface area contributed by atoms with Gasteiger partial charge in [0.05, 0.1) is 51.7 Å². The minimum atomic E-state index is -5.37. The lowest BCUT2D eigenvalue weighted by Gasteiger charge is -2.25. The third-order valence-electron chi connectivity index (χ3n) is 14.8. The van der Waals surface area contributed by atoms with Gasteiger partial charge in [0.2, 0.25) is 0 Å². The number of phosphoric ester groups is 1. The maximum absolute atomic E-state index is 14.1. The maximum atomic E-state index is 14.1. The highest BCUT2D eigenvalue weighted by Gasteiger charge is 2.54. The van der Waals surface area contributed by atoms with Crippen LogP contribution in [0.1, 0.15) is 24.9 Å². The molecule has 12 rings (SSSR count). The van der Waals surface area contributed by atoms with Gasteiger partial charge in [0.1, 0.15) is 140 Å². The second-order valence-electron chi connectivity index (χ2n) is 21.0. The van der Waals surface area contributed by atoms with E-state index in [1.165, 1.54) is 24.6 Å². The fourth-order valence-corrected chi connectivity index (χ4v) is 13.8. The van der Waals surface area contributed by atoms with Crippen LogP contribution in [-0.4, -0.2) is 247 Å². The Balaban J connectivity index is 0.714. The van der Waals surface area contributed by atoms with Crippen LogP contribution in [0.4, 0.5) is 23.3 Å². The van der Waals surface area contributed by atoms with Crippen molar-refractivity contribution in [3.8, 4) is 0 Å². The highest BCUT2D eigenvalue weighted by Crippen LogP contribution is 2.53. The van der Waals surface area contributed by atoms with Crippen molar-refractivity contribution in [1.82, 2.24) is 78.1 Å². The van der Waals surface area contributed by atoms with Crippen molar-refractivity contribution in [1.29, 1.82) is 0 Å². The van der Waals surface area contributed by atoms with E-state index in [4.69, 9.17) is 74.2 Å². The minimum absolute atomic E-state index is 0.0144. The minimum Gasteiger partial charge on any atom is -0.387 e. The summed E-state index contributed by atoms with van der Waals surface area (Å²) >= 11 is 0. The van der Waals surface area contributed by atoms with Crippen LogP contribution in [0.15, 0.2) is 50.6 Å². The Hall–Kier alpha value is -6.52. The summed E-state index contributed by atoms with van der Waals surface area (Å²) in [5.74, 6) is -0.232. The number of phosphoric acid groups is 1. The van der Waals surface area contributed by atoms with E-state index in [2.05, 4.69) is 59.8 Å². The number of nitrogens with zero attached hydrogens (tertiary/aromatic N) is 16. The molecular formula is C43H56N20O25P4. The summed E-state index contributed by atoms with van der Waals surface area (Å²) in [5, 5.41) is 56.8. The average molecular weight is 1380 g/mol. The van der Waals surface area contributed by atoms with Crippen molar-refractivity contribution in [3.63, 3.8) is 0 Å². The van der Waals surface area contributed by atoms with E-state index in [1.807, 2.05) is 0 Å². The first-order chi connectivity index (χ1) is 43.7. The summed E-state index contributed by atoms with van der Waals surface area (Å²) in [6.07, 6.45) is -21.2. The molecule has 0 radical (unpaired) electrons. The van der Waals surface area contributed by atoms with Gasteiger partial charge < -0.3 is 106 Å². The third kappa shape index (κ3) is 13.2. The molecule has 0 aromatic carbocycles. The standard InChI is InChI=1S/C43H56N20O25P4/c44-32-20-36(52-5-48-32)60(9-56-20)40-28(68)24(64)19(82-40)4-81-92(76,77)88-31-27(67)18(85-43(31)63-12-59-23-35(47)51-8-55-39(23)63)3-80-15-91(74,75)87-30-26(66)17(84-42(30)62-11-58-22-34(46)50-7-54-38(22)62)2-79-14-90(72,73)86-29-25(65)16(1-78-13-89(69,70)71)83-41(29)61-10-57-21-33(45)49-6-53-37(21)61/h5-12,16-19,24-31,40-43,64-68H,1-4,13-15H2,(H,72,73)(H,74,75)(H,76,77)(H2,44,48,52)(H2,45,49,53)(H2,46,50,54)(H2,47,51,55)(H2,69,70,71)/t16-,17-,18-,19-,24-,25+,26+,27+,28-,29-,30-,31-,40-,41-,42-,43-/m1/s1. The van der Waals surface area contributed by atoms with Crippen LogP contribution in [0.2, 0.25) is 0 Å². The van der Waals surface area contributed by atoms with Gasteiger partial charge in [0, 0.05) is 0 Å². The molecule has 0 amide bonds. The number of ether oxygens (including phenoxy) is 7. The molecule has 19 atom stereocenters. The molecule has 3 unspecified atom stereocenters. The quantitative estimate of drug-likeness (QED) is 0.0241. The highest BCUT2D eigenvalue weighted by atomic mass is 31.2. The molecular weight excluding hydrogens is 1320 g/mol. The van der Waals surface area contributed by atoms with Crippen molar-refractivity contribution >= 4 is 98.5 Å². The smallest absolute Gasteiger partial charge is 0.387 e. The number of fused-ring (bicyclic) bond motifs is 4. The number of aliphatic hydroxyl groups excluding tert-OH is 5. The number of anilines is 4. The molecule has 4 aliphatic rings. The lowest BCUT2D eigenvalue weighted by atomic mass is 10.1. The normalized spacial score (nSPS) is 30.7. The molecule has 0 aliphatic carbocycles. The van der Waals surface area contributed by atoms with Gasteiger partial charge in [-0.25, -0.2) is 64.4 Å². The van der Waals surface area contributed by atoms with Gasteiger partial charge in [0.15, 0.2) is 70.8 Å². The first-order valence-electron chi connectivity index (χ1n) is 26.8. The molecule has 498 valence electrons. The van der Waals surface area contributed by atoms with E-state index in [9.17, 15) is 68.3 Å². The second kappa shape index (κ2) is 25.7. The van der Waals surface area contributed by atoms with E-state index < -0.39 is 174 Å². The Morgan fingerprint density at radius 3 is 1.04 bits per heavy atom. The van der Waals surface area contributed by atoms with Gasteiger partial charge in [0.25, 0.3) is 0 Å². The third-order valence-corrected chi connectivity index (χ3v) is 18.4. The van der Waals surface area contributed by atoms with Crippen molar-refractivity contribution < 1.29 is 120 Å². The largest absolute Gasteiger partial charge is 0.472 e. The van der Waals surface area contributed by atoms with Crippen LogP contribution in [-0.2, 0) is 69.5 Å². The molecule has 8 aromatic rings. The van der Waals surface area contributed by atoms with E-state index in [0.29, 0.717) is 0 Å². The SMILES string of the molecule is Nc1ncnc2c1ncn2[C@@H]1O[C@H](COP(=O)(O)O[C@@H]2[C@@H](O)[C@@H](COCP(=O)(O)O[C@@H]3[C@@H](O)[C@@H](COCP(=O)(O)O[C@@H]4[C@@H](O)[C@@H](COCP(=O)(O)O)O[C@H]4n4cnc5c(N)ncnc54)O[C@H]3n3cnc4c(N)ncnc43)O[C@H]2n2cnc3c(N)ncnc32)[C@@H](O)[C@H]1O. The number of hydrogen-bond donors (Lipinski definition) is 14. The monoisotopic (exact) mass is 1380 g/mol. The fraction of sp³-hybridized carbons (Fsp3) is 0.535. The Morgan fingerprint density at radius 1 is 0.391 bits per heavy atom. The summed E-state index contributed by atoms with van der Waals surface area (Å²) in [6.45, 7) is -3.09. The molecule has 4 fully saturated rings. The number of nitrogens with two attached hydrogens (primary N) is 4. The molecule has 0 saturated carbocycles. The summed E-state index contributed by atoms with van der Waals surface area (Å²) in [7, 11) is -20.2. The summed E-state index contributed by atoms with van der Waals surface area (Å²) < 4.78 is 120. The van der Waals surface area contributed by atoms with Crippen LogP contribution in [0.5, 0.6) is 0 Å². The van der Waals surface area contributed by atoms with Gasteiger partial charge in [-0.15, -0.1) is 0 Å². The molecule has 92 heavy (non-hydrogen) atoms. The number of nitrogen functional groups attached to an aromatic ring is 4. The van der Waals surface area contributed by atoms with E-state index in [0.717, 1.165) is 44.3 Å². The van der Waals surface area contributed by atoms with E-state index in [1.54, 1.807) is 0 Å². The van der Waals surface area contributed by atoms with E-state index >= 15 is 0 Å². The zero-order valence-corrected chi connectivity index (χ0v) is 50.2. The lowest BCUT2D eigenvalue weighted by molar-refractivity contribution is -0.0673. The lowest BCUT2D eigenvalue weighted by Crippen LogP contribution is -2.37. The van der Waals surface area contributed by atoms with Crippen LogP contribution in [0.3, 0.4) is 0 Å². The predicted octanol–water partition coefficient (Wildman–Crippen LogP) is -4.19. The van der Waals surface area contributed by atoms with Gasteiger partial charge in [-0.3, -0.25) is 50.1 Å². The zero-order chi connectivity index (χ0) is 65.3. The van der Waals surface area contributed by atoms with Gasteiger partial charge in [-0.1, -0.05) is 0 Å². The Morgan fingerprint density at radius 2 is 0.696 bits per heavy atom. The number of aromatic nitrogens is 16. The Bertz CT molecular complexity index is 4210. The Kier molecular flexibility index (Phi) is 18.3. The molecule has 18 N–H and O–H groups in total. The molecule has 45 nitrogen and oxygen atoms in total. The fourth-order valence-electron chi connectivity index (χ4n) is 10.6. The molecule has 49 heteroatoms. The van der Waals surface area contributed by atoms with Gasteiger partial charge >= 0.3 is 30.6 Å². The molecule has 4 aliphatic heterocycles. The summed E-state index contributed by atoms with van der Waals surface area (Å²) in [6, 6.07) is 0. The number of hydrogen-bond acceptors (Lipinski definition) is 36. The summed E-state index contributed by atoms with van der Waals surface area (Å²) in [4.78, 5) is 101. The van der Waals surface area contributed by atoms with Crippen molar-refractivity contribution in [3.05, 3.63) is 50.6 Å². The molecule has 0 spiro atoms. The van der Waals surface area contributed by atoms with Crippen molar-refractivity contribution in [2.75, 3.05) is 68.4 Å². The van der Waals surface area contributed by atoms with Crippen LogP contribution >= 0.6 is 30.6 Å². The molecule has 4 saturated heterocycles. The first kappa shape index (κ1) is 65.5. The van der Waals surface area contributed by atoms with Crippen LogP contribution < -0.4 is 22.9 Å². The predicted molar refractivity (Wildman–Crippen MR) is 299 cm³/mol. The molecule has 0 bridgehead atoms. The van der Waals surface area contributed by atoms with Crippen LogP contribution in [0, 0.1) is 0 Å². The number of rotatable bonds is 25. The van der Waals surface area contributed by atoms with Gasteiger partial charge in [-0.2, -0.15) is 0 Å². The summed E-state index contributed by atoms with van der Waals surface area (Å²) in [5.41, 5.74) is 24.3. The average Bonchev–Trinajstić information content (AvgIpc) is 1.65. The maximum Gasteiger partial charge on any atom is 0.472 e. The number of aliphatic hydroxyl groups is 5. The first-order valence-corrected chi connectivity index (χ1v) is 33.7. The molecule has 12 heterocycles. The van der Waals surface area contributed by atoms with E-state index in [-0.39, 0.29) is 67.9 Å². The van der Waals surface area contributed by atoms with Crippen molar-refractivity contribution in [2.24, 2.45) is 0 Å². The Labute approximate surface area is 512 Å². The van der Waals surface area contributed by atoms with Crippen LogP contribution in [0.25, 0.3) is 44.7 Å². The molecule has 8 aromatic heterocycles. The topological polar surface area (TPSA) is 651 Å². The zero-order valence-electron chi connectivity index (χ0n) is 46.7. The number of imidazole rings is 4. The highest BCUT2D eigenvalue weighted by molar-refractivity contribution is 7.53. The van der Waals surface area contributed by atoms with Crippen molar-refractivity contribution in [2.45, 2.75) is 98.2 Å². The van der Waals surface area contributed by atoms with Gasteiger partial charge in [-0.05, 0) is 0 Å².